The predicted molar refractivity (Wildman–Crippen MR) is 213 cm³/mol. The number of epoxide rings is 1. The molecule has 3 heterocycles. The molecule has 3 aliphatic rings. The molecular formula is C41H53ClN4O11. The SMILES string of the molecule is CNc1ccc(C(=O)N(C)[C@@H](C)C(=O)O[C@H]2CC(=O)N(C)c3cc(cc(OC)c3Cl)C/C(C)=C/C=C/[C@@H](OC)[C@@]3(O)C[C@H](OC(=O)N3)[C@@H](C)[C@@H]3O[C@@]23C)c(OC)c1. The molecule has 16 heteroatoms. The quantitative estimate of drug-likeness (QED) is 0.244. The molecule has 310 valence electrons. The van der Waals surface area contributed by atoms with E-state index in [4.69, 9.17) is 40.0 Å². The molecule has 3 amide bonds. The van der Waals surface area contributed by atoms with Crippen molar-refractivity contribution in [2.75, 3.05) is 52.7 Å². The zero-order valence-corrected chi connectivity index (χ0v) is 34.8. The van der Waals surface area contributed by atoms with Crippen molar-refractivity contribution in [1.29, 1.82) is 0 Å². The standard InChI is InChI=1S/C41H53ClN4O11/c1-22-12-11-13-32(54-10)41(51)21-31(55-39(50)44-41)23(2)36-40(4,57-36)33(20-34(47)46(7)28-17-25(16-22)18-30(53-9)35(28)42)56-38(49)24(3)45(6)37(48)27-15-14-26(43-5)19-29(27)52-8/h11-15,17-19,23-24,31-33,36,43,51H,16,20-21H2,1-10H3,(H,44,50)/b13-11+,22-12+/t23-,24+,31+,32-,33+,36+,40+,41+/m1/s1. The first-order valence-electron chi connectivity index (χ1n) is 18.6. The highest BCUT2D eigenvalue weighted by Crippen LogP contribution is 2.49. The van der Waals surface area contributed by atoms with Crippen LogP contribution in [0.2, 0.25) is 5.02 Å². The molecule has 3 aliphatic heterocycles. The van der Waals surface area contributed by atoms with Crippen molar-refractivity contribution in [1.82, 2.24) is 10.2 Å². The lowest BCUT2D eigenvalue weighted by atomic mass is 9.83. The Hall–Kier alpha value is -4.83. The molecule has 5 rings (SSSR count). The van der Waals surface area contributed by atoms with Crippen molar-refractivity contribution < 1.29 is 52.7 Å². The van der Waals surface area contributed by atoms with Crippen LogP contribution in [0.3, 0.4) is 0 Å². The number of halogens is 1. The van der Waals surface area contributed by atoms with Gasteiger partial charge in [0.05, 0.1) is 38.0 Å². The van der Waals surface area contributed by atoms with Crippen LogP contribution in [-0.2, 0) is 35.0 Å². The number of hydrogen-bond donors (Lipinski definition) is 3. The van der Waals surface area contributed by atoms with Crippen LogP contribution in [0.5, 0.6) is 11.5 Å². The third-order valence-corrected chi connectivity index (χ3v) is 11.6. The number of rotatable bonds is 8. The van der Waals surface area contributed by atoms with E-state index >= 15 is 0 Å². The van der Waals surface area contributed by atoms with Gasteiger partial charge in [-0.05, 0) is 57.0 Å². The lowest BCUT2D eigenvalue weighted by Crippen LogP contribution is -2.63. The molecule has 0 spiro atoms. The van der Waals surface area contributed by atoms with Gasteiger partial charge in [0.1, 0.15) is 46.5 Å². The van der Waals surface area contributed by atoms with Crippen molar-refractivity contribution in [3.63, 3.8) is 0 Å². The molecule has 0 saturated carbocycles. The van der Waals surface area contributed by atoms with E-state index < -0.39 is 71.6 Å². The maximum atomic E-state index is 14.3. The molecule has 2 aromatic carbocycles. The Labute approximate surface area is 338 Å². The van der Waals surface area contributed by atoms with E-state index in [2.05, 4.69) is 10.6 Å². The summed E-state index contributed by atoms with van der Waals surface area (Å²) in [6, 6.07) is 7.44. The minimum Gasteiger partial charge on any atom is -0.496 e. The maximum absolute atomic E-state index is 14.3. The minimum atomic E-state index is -1.85. The van der Waals surface area contributed by atoms with E-state index in [0.717, 1.165) is 16.8 Å². The minimum absolute atomic E-state index is 0.0691. The molecule has 57 heavy (non-hydrogen) atoms. The predicted octanol–water partition coefficient (Wildman–Crippen LogP) is 4.88. The number of esters is 1. The number of ether oxygens (including phenoxy) is 6. The van der Waals surface area contributed by atoms with Crippen LogP contribution >= 0.6 is 11.6 Å². The molecule has 0 aromatic heterocycles. The molecule has 0 unspecified atom stereocenters. The first-order chi connectivity index (χ1) is 26.9. The van der Waals surface area contributed by atoms with Gasteiger partial charge in [0.25, 0.3) is 5.91 Å². The van der Waals surface area contributed by atoms with Crippen LogP contribution in [-0.4, -0.2) is 118 Å². The van der Waals surface area contributed by atoms with Gasteiger partial charge in [0.2, 0.25) is 5.91 Å². The summed E-state index contributed by atoms with van der Waals surface area (Å²) in [5.74, 6) is -1.63. The van der Waals surface area contributed by atoms with E-state index in [1.165, 1.54) is 45.1 Å². The number of anilines is 2. The molecule has 0 aliphatic carbocycles. The van der Waals surface area contributed by atoms with Crippen LogP contribution in [0, 0.1) is 5.92 Å². The summed E-state index contributed by atoms with van der Waals surface area (Å²) >= 11 is 6.79. The number of likely N-dealkylation sites (N-methyl/N-ethyl adjacent to an activating group) is 1. The number of carbonyl (C=O) groups is 4. The van der Waals surface area contributed by atoms with Crippen LogP contribution < -0.4 is 25.0 Å². The summed E-state index contributed by atoms with van der Waals surface area (Å²) in [5, 5.41) is 17.5. The first-order valence-corrected chi connectivity index (χ1v) is 19.0. The van der Waals surface area contributed by atoms with Gasteiger partial charge >= 0.3 is 12.1 Å². The topological polar surface area (TPSA) is 178 Å². The summed E-state index contributed by atoms with van der Waals surface area (Å²) in [4.78, 5) is 57.5. The fourth-order valence-corrected chi connectivity index (χ4v) is 7.70. The average Bonchev–Trinajstić information content (AvgIpc) is 3.89. The lowest BCUT2D eigenvalue weighted by molar-refractivity contribution is -0.158. The first kappa shape index (κ1) is 43.3. The normalized spacial score (nSPS) is 29.6. The van der Waals surface area contributed by atoms with E-state index in [1.807, 2.05) is 13.0 Å². The Morgan fingerprint density at radius 1 is 1.14 bits per heavy atom. The summed E-state index contributed by atoms with van der Waals surface area (Å²) in [6.45, 7) is 6.93. The van der Waals surface area contributed by atoms with Gasteiger partial charge in [0.15, 0.2) is 5.72 Å². The van der Waals surface area contributed by atoms with Crippen molar-refractivity contribution in [3.8, 4) is 11.5 Å². The number of alkyl carbamates (subject to hydrolysis) is 1. The number of hydrogen-bond acceptors (Lipinski definition) is 12. The zero-order valence-electron chi connectivity index (χ0n) is 34.0. The monoisotopic (exact) mass is 812 g/mol. The summed E-state index contributed by atoms with van der Waals surface area (Å²) < 4.78 is 34.8. The highest BCUT2D eigenvalue weighted by Gasteiger charge is 2.64. The van der Waals surface area contributed by atoms with Gasteiger partial charge in [-0.1, -0.05) is 42.3 Å². The van der Waals surface area contributed by atoms with Crippen LogP contribution in [0.15, 0.2) is 54.1 Å². The number of aliphatic hydroxyl groups is 1. The van der Waals surface area contributed by atoms with E-state index in [0.29, 0.717) is 23.6 Å². The Morgan fingerprint density at radius 2 is 1.84 bits per heavy atom. The molecule has 0 radical (unpaired) electrons. The highest BCUT2D eigenvalue weighted by molar-refractivity contribution is 6.35. The van der Waals surface area contributed by atoms with Crippen molar-refractivity contribution in [2.45, 2.75) is 88.7 Å². The number of methoxy groups -OCH3 is 3. The molecule has 4 bridgehead atoms. The van der Waals surface area contributed by atoms with Gasteiger partial charge in [-0.15, -0.1) is 0 Å². The Kier molecular flexibility index (Phi) is 13.2. The Morgan fingerprint density at radius 3 is 2.49 bits per heavy atom. The average molecular weight is 813 g/mol. The zero-order chi connectivity index (χ0) is 42.0. The Balaban J connectivity index is 1.52. The van der Waals surface area contributed by atoms with E-state index in [-0.39, 0.29) is 23.4 Å². The smallest absolute Gasteiger partial charge is 0.409 e. The number of nitrogens with zero attached hydrogens (tertiary/aromatic N) is 2. The summed E-state index contributed by atoms with van der Waals surface area (Å²) in [5.41, 5.74) is -0.0590. The number of amides is 3. The molecular weight excluding hydrogens is 760 g/mol. The fourth-order valence-electron chi connectivity index (χ4n) is 7.39. The molecule has 2 saturated heterocycles. The van der Waals surface area contributed by atoms with Crippen LogP contribution in [0.4, 0.5) is 16.2 Å². The van der Waals surface area contributed by atoms with Gasteiger partial charge in [-0.25, -0.2) is 9.59 Å². The van der Waals surface area contributed by atoms with Gasteiger partial charge in [0, 0.05) is 52.3 Å². The van der Waals surface area contributed by atoms with E-state index in [9.17, 15) is 24.3 Å². The Bertz CT molecular complexity index is 1940. The highest BCUT2D eigenvalue weighted by atomic mass is 35.5. The van der Waals surface area contributed by atoms with Crippen LogP contribution in [0.25, 0.3) is 0 Å². The van der Waals surface area contributed by atoms with Crippen molar-refractivity contribution >= 4 is 46.9 Å². The maximum Gasteiger partial charge on any atom is 0.409 e. The number of fused-ring (bicyclic) bond motifs is 5. The van der Waals surface area contributed by atoms with Crippen LogP contribution in [0.1, 0.15) is 56.5 Å². The molecule has 15 nitrogen and oxygen atoms in total. The molecule has 2 fully saturated rings. The summed E-state index contributed by atoms with van der Waals surface area (Å²) in [7, 11) is 9.13. The largest absolute Gasteiger partial charge is 0.496 e. The number of nitrogens with one attached hydrogen (secondary N) is 2. The second-order valence-corrected chi connectivity index (χ2v) is 15.4. The molecule has 2 aromatic rings. The second kappa shape index (κ2) is 17.3. The fraction of sp³-hybridized carbons (Fsp3) is 0.512. The third-order valence-electron chi connectivity index (χ3n) is 11.2. The van der Waals surface area contributed by atoms with Crippen molar-refractivity contribution in [2.24, 2.45) is 5.92 Å². The van der Waals surface area contributed by atoms with Gasteiger partial charge in [-0.2, -0.15) is 0 Å². The lowest BCUT2D eigenvalue weighted by Gasteiger charge is -2.42. The number of carbonyl (C=O) groups excluding carboxylic acids is 4. The summed E-state index contributed by atoms with van der Waals surface area (Å²) in [6.07, 6.45) is 0.708. The van der Waals surface area contributed by atoms with E-state index in [1.54, 1.807) is 70.4 Å². The van der Waals surface area contributed by atoms with Gasteiger partial charge < -0.3 is 48.6 Å². The second-order valence-electron chi connectivity index (χ2n) is 15.0. The molecule has 8 atom stereocenters. The third kappa shape index (κ3) is 9.01. The van der Waals surface area contributed by atoms with Gasteiger partial charge in [-0.3, -0.25) is 14.9 Å². The van der Waals surface area contributed by atoms with Crippen molar-refractivity contribution in [3.05, 3.63) is 70.3 Å². The number of benzene rings is 2. The molecule has 3 N–H and O–H groups in total. The number of allylic oxidation sites excluding steroid dienone is 3.